The van der Waals surface area contributed by atoms with Gasteiger partial charge in [0.25, 0.3) is 0 Å². The van der Waals surface area contributed by atoms with E-state index in [1.165, 1.54) is 62.5 Å². The zero-order valence-corrected chi connectivity index (χ0v) is 21.6. The fraction of sp³-hybridized carbons (Fsp3) is 0.375. The highest BCUT2D eigenvalue weighted by molar-refractivity contribution is 6.16. The lowest BCUT2D eigenvalue weighted by Gasteiger charge is -2.10. The van der Waals surface area contributed by atoms with Gasteiger partial charge in [-0.25, -0.2) is 20.0 Å². The Bertz CT molecular complexity index is 1280. The fourth-order valence-electron chi connectivity index (χ4n) is 5.08. The van der Waals surface area contributed by atoms with E-state index in [0.29, 0.717) is 0 Å². The molecule has 0 N–H and O–H groups in total. The number of fused-ring (bicyclic) bond motifs is 4. The molecule has 0 amide bonds. The van der Waals surface area contributed by atoms with Gasteiger partial charge in [0.05, 0.1) is 45.6 Å². The number of nitrogens with zero attached hydrogens (tertiary/aromatic N) is 4. The Hall–Kier alpha value is -3.40. The lowest BCUT2D eigenvalue weighted by molar-refractivity contribution is 0.655. The molecule has 0 aromatic carbocycles. The predicted octanol–water partition coefficient (Wildman–Crippen LogP) is 8.26. The fourth-order valence-corrected chi connectivity index (χ4v) is 5.08. The minimum atomic E-state index is 0.913. The molecule has 36 heavy (non-hydrogen) atoms. The lowest BCUT2D eigenvalue weighted by Crippen LogP contribution is -2.00. The maximum atomic E-state index is 5.19. The molecular formula is C32H36N4. The summed E-state index contributed by atoms with van der Waals surface area (Å²) in [5.74, 6) is 0. The zero-order chi connectivity index (χ0) is 24.7. The number of allylic oxidation sites excluding steroid dienone is 12. The molecule has 0 atom stereocenters. The molecule has 0 aliphatic carbocycles. The van der Waals surface area contributed by atoms with Crippen molar-refractivity contribution in [3.63, 3.8) is 0 Å². The van der Waals surface area contributed by atoms with Gasteiger partial charge in [-0.05, 0) is 97.6 Å². The van der Waals surface area contributed by atoms with Crippen LogP contribution in [0.3, 0.4) is 0 Å². The standard InChI is InChI=1S/C32H36N4/c1-3-5-7-9-11-29-30(12-10-8-6-4-2)32-22-28-18-16-26(35-28)20-24-14-13-23(33-24)19-25-15-17-27(34-25)21-31(29)36-32/h13-22H,3-12H2,1-2H3. The topological polar surface area (TPSA) is 49.4 Å². The molecule has 5 aliphatic heterocycles. The van der Waals surface area contributed by atoms with Crippen LogP contribution in [0.25, 0.3) is 0 Å². The van der Waals surface area contributed by atoms with E-state index in [4.69, 9.17) is 20.0 Å². The highest BCUT2D eigenvalue weighted by Crippen LogP contribution is 2.35. The van der Waals surface area contributed by atoms with Crippen molar-refractivity contribution in [3.8, 4) is 0 Å². The van der Waals surface area contributed by atoms with Crippen LogP contribution < -0.4 is 0 Å². The Balaban J connectivity index is 1.55. The first kappa shape index (κ1) is 24.3. The summed E-state index contributed by atoms with van der Waals surface area (Å²) in [6.45, 7) is 4.54. The van der Waals surface area contributed by atoms with E-state index in [9.17, 15) is 0 Å². The Morgan fingerprint density at radius 3 is 1.53 bits per heavy atom. The summed E-state index contributed by atoms with van der Waals surface area (Å²) in [5.41, 5.74) is 10.6. The molecule has 0 aromatic heterocycles. The van der Waals surface area contributed by atoms with Crippen LogP contribution in [0.2, 0.25) is 0 Å². The number of aliphatic imine (C=N–C) groups is 4. The minimum Gasteiger partial charge on any atom is -0.249 e. The van der Waals surface area contributed by atoms with Gasteiger partial charge in [0.1, 0.15) is 0 Å². The molecule has 0 radical (unpaired) electrons. The average molecular weight is 477 g/mol. The first-order chi connectivity index (χ1) is 17.7. The van der Waals surface area contributed by atoms with Crippen LogP contribution in [0.15, 0.2) is 115 Å². The molecule has 5 rings (SSSR count). The zero-order valence-electron chi connectivity index (χ0n) is 21.6. The molecule has 0 fully saturated rings. The molecule has 184 valence electrons. The van der Waals surface area contributed by atoms with E-state index >= 15 is 0 Å². The van der Waals surface area contributed by atoms with Crippen molar-refractivity contribution in [3.05, 3.63) is 94.7 Å². The Morgan fingerprint density at radius 1 is 0.472 bits per heavy atom. The predicted molar refractivity (Wildman–Crippen MR) is 154 cm³/mol. The Labute approximate surface area is 215 Å². The Morgan fingerprint density at radius 2 is 0.972 bits per heavy atom. The highest BCUT2D eigenvalue weighted by atomic mass is 14.8. The molecule has 8 bridgehead atoms. The summed E-state index contributed by atoms with van der Waals surface area (Å²) in [5, 5.41) is 0. The quantitative estimate of drug-likeness (QED) is 0.285. The van der Waals surface area contributed by atoms with Crippen molar-refractivity contribution in [1.82, 2.24) is 0 Å². The summed E-state index contributed by atoms with van der Waals surface area (Å²) in [7, 11) is 0. The first-order valence-corrected chi connectivity index (χ1v) is 13.7. The van der Waals surface area contributed by atoms with Crippen LogP contribution in [0.4, 0.5) is 0 Å². The third-order valence-corrected chi connectivity index (χ3v) is 6.99. The van der Waals surface area contributed by atoms with Crippen molar-refractivity contribution < 1.29 is 0 Å². The molecule has 5 aliphatic rings. The van der Waals surface area contributed by atoms with Crippen LogP contribution in [-0.2, 0) is 0 Å². The molecule has 0 saturated heterocycles. The van der Waals surface area contributed by atoms with Gasteiger partial charge in [0.2, 0.25) is 0 Å². The van der Waals surface area contributed by atoms with Crippen LogP contribution in [0, 0.1) is 0 Å². The van der Waals surface area contributed by atoms with Crippen LogP contribution >= 0.6 is 0 Å². The number of unbranched alkanes of at least 4 members (excludes halogenated alkanes) is 6. The van der Waals surface area contributed by atoms with Crippen molar-refractivity contribution in [1.29, 1.82) is 0 Å². The van der Waals surface area contributed by atoms with Gasteiger partial charge < -0.3 is 0 Å². The summed E-state index contributed by atoms with van der Waals surface area (Å²) < 4.78 is 0. The molecule has 0 saturated carbocycles. The highest BCUT2D eigenvalue weighted by Gasteiger charge is 2.23. The second kappa shape index (κ2) is 11.6. The maximum Gasteiger partial charge on any atom is 0.0694 e. The van der Waals surface area contributed by atoms with Gasteiger partial charge in [0, 0.05) is 0 Å². The maximum absolute atomic E-state index is 5.19. The number of hydrogen-bond donors (Lipinski definition) is 0. The average Bonchev–Trinajstić information content (AvgIpc) is 3.66. The number of rotatable bonds is 10. The van der Waals surface area contributed by atoms with E-state index in [2.05, 4.69) is 50.3 Å². The monoisotopic (exact) mass is 476 g/mol. The first-order valence-electron chi connectivity index (χ1n) is 13.7. The van der Waals surface area contributed by atoms with Crippen LogP contribution in [0.1, 0.15) is 78.1 Å². The van der Waals surface area contributed by atoms with Crippen LogP contribution in [-0.4, -0.2) is 22.8 Å². The molecule has 4 nitrogen and oxygen atoms in total. The van der Waals surface area contributed by atoms with Crippen molar-refractivity contribution in [2.24, 2.45) is 20.0 Å². The second-order valence-corrected chi connectivity index (χ2v) is 9.92. The second-order valence-electron chi connectivity index (χ2n) is 9.92. The summed E-state index contributed by atoms with van der Waals surface area (Å²) in [6.07, 6.45) is 32.9. The summed E-state index contributed by atoms with van der Waals surface area (Å²) in [6, 6.07) is 0. The van der Waals surface area contributed by atoms with E-state index in [1.807, 2.05) is 24.3 Å². The van der Waals surface area contributed by atoms with Crippen molar-refractivity contribution >= 4 is 22.8 Å². The molecular weight excluding hydrogens is 440 g/mol. The molecule has 5 heterocycles. The van der Waals surface area contributed by atoms with E-state index in [-0.39, 0.29) is 0 Å². The van der Waals surface area contributed by atoms with Crippen molar-refractivity contribution in [2.75, 3.05) is 0 Å². The number of hydrogen-bond acceptors (Lipinski definition) is 4. The van der Waals surface area contributed by atoms with E-state index in [1.54, 1.807) is 0 Å². The van der Waals surface area contributed by atoms with E-state index in [0.717, 1.165) is 58.5 Å². The summed E-state index contributed by atoms with van der Waals surface area (Å²) >= 11 is 0. The molecule has 0 spiro atoms. The summed E-state index contributed by atoms with van der Waals surface area (Å²) in [4.78, 5) is 19.6. The third kappa shape index (κ3) is 5.87. The van der Waals surface area contributed by atoms with Gasteiger partial charge in [-0.2, -0.15) is 0 Å². The van der Waals surface area contributed by atoms with Gasteiger partial charge in [-0.3, -0.25) is 0 Å². The Kier molecular flexibility index (Phi) is 7.80. The molecule has 0 aromatic rings. The smallest absolute Gasteiger partial charge is 0.0694 e. The largest absolute Gasteiger partial charge is 0.249 e. The van der Waals surface area contributed by atoms with Gasteiger partial charge in [-0.1, -0.05) is 52.4 Å². The van der Waals surface area contributed by atoms with Gasteiger partial charge in [0.15, 0.2) is 0 Å². The normalized spacial score (nSPS) is 19.7. The SMILES string of the molecule is CCCCCCC1=C(CCCCCC)C2=NC1=CC1=NC(=CC3=NC(=CC4=NC(=C2)C=C4)C=C3)C=C1. The minimum absolute atomic E-state index is 0.913. The molecule has 4 heteroatoms. The third-order valence-electron chi connectivity index (χ3n) is 6.99. The van der Waals surface area contributed by atoms with Gasteiger partial charge in [-0.15, -0.1) is 0 Å². The van der Waals surface area contributed by atoms with E-state index < -0.39 is 0 Å². The van der Waals surface area contributed by atoms with Crippen molar-refractivity contribution in [2.45, 2.75) is 78.1 Å². The van der Waals surface area contributed by atoms with Crippen LogP contribution in [0.5, 0.6) is 0 Å². The lowest BCUT2D eigenvalue weighted by atomic mass is 9.93. The van der Waals surface area contributed by atoms with Gasteiger partial charge >= 0.3 is 0 Å². The molecule has 0 unspecified atom stereocenters.